The summed E-state index contributed by atoms with van der Waals surface area (Å²) in [6.45, 7) is 8.12. The molecule has 0 amide bonds. The molecule has 100 valence electrons. The maximum absolute atomic E-state index is 8.36. The van der Waals surface area contributed by atoms with Gasteiger partial charge in [0.1, 0.15) is 0 Å². The Hall–Kier alpha value is -1.28. The van der Waals surface area contributed by atoms with E-state index < -0.39 is 0 Å². The molecule has 1 aliphatic heterocycles. The Kier molecular flexibility index (Phi) is 5.42. The van der Waals surface area contributed by atoms with Crippen LogP contribution in [-0.2, 0) is 6.42 Å². The highest BCUT2D eigenvalue weighted by atomic mass is 16.3. The Morgan fingerprint density at radius 1 is 1.28 bits per heavy atom. The highest BCUT2D eigenvalue weighted by Gasteiger charge is 2.15. The van der Waals surface area contributed by atoms with Crippen molar-refractivity contribution in [2.24, 2.45) is 0 Å². The molecular formula is C16H25NO. The van der Waals surface area contributed by atoms with Crippen molar-refractivity contribution in [3.63, 3.8) is 0 Å². The number of hydrogen-bond acceptors (Lipinski definition) is 2. The molecule has 1 N–H and O–H groups in total. The topological polar surface area (TPSA) is 23.5 Å². The first-order chi connectivity index (χ1) is 8.47. The van der Waals surface area contributed by atoms with Gasteiger partial charge in [-0.3, -0.25) is 0 Å². The number of anilines is 1. The second-order valence-electron chi connectivity index (χ2n) is 4.99. The number of fused-ring (bicyclic) bond motifs is 1. The first kappa shape index (κ1) is 14.8. The van der Waals surface area contributed by atoms with Crippen molar-refractivity contribution < 1.29 is 5.11 Å². The zero-order chi connectivity index (χ0) is 13.7. The molecular weight excluding hydrogens is 222 g/mol. The van der Waals surface area contributed by atoms with Gasteiger partial charge >= 0.3 is 0 Å². The molecule has 1 heterocycles. The number of rotatable bonds is 1. The van der Waals surface area contributed by atoms with Gasteiger partial charge in [-0.15, -0.1) is 0 Å². The summed E-state index contributed by atoms with van der Waals surface area (Å²) in [7, 11) is 2.14. The summed E-state index contributed by atoms with van der Waals surface area (Å²) in [5, 5.41) is 8.36. The van der Waals surface area contributed by atoms with Crippen LogP contribution in [-0.4, -0.2) is 18.3 Å². The van der Waals surface area contributed by atoms with Crippen molar-refractivity contribution in [2.45, 2.75) is 46.6 Å². The Morgan fingerprint density at radius 2 is 1.83 bits per heavy atom. The van der Waals surface area contributed by atoms with E-state index in [-0.39, 0.29) is 6.10 Å². The highest BCUT2D eigenvalue weighted by Crippen LogP contribution is 2.30. The minimum Gasteiger partial charge on any atom is -0.393 e. The number of aliphatic hydroxyl groups is 1. The van der Waals surface area contributed by atoms with Gasteiger partial charge in [-0.05, 0) is 50.8 Å². The third-order valence-corrected chi connectivity index (χ3v) is 3.52. The van der Waals surface area contributed by atoms with Crippen molar-refractivity contribution in [2.75, 3.05) is 11.9 Å². The lowest BCUT2D eigenvalue weighted by molar-refractivity contribution is 0.191. The Balaban J connectivity index is 0.000000280. The van der Waals surface area contributed by atoms with Gasteiger partial charge in [0, 0.05) is 18.4 Å². The van der Waals surface area contributed by atoms with Crippen LogP contribution in [0.15, 0.2) is 35.5 Å². The first-order valence-electron chi connectivity index (χ1n) is 6.63. The van der Waals surface area contributed by atoms with E-state index in [9.17, 15) is 0 Å². The third-order valence-electron chi connectivity index (χ3n) is 3.52. The first-order valence-corrected chi connectivity index (χ1v) is 6.63. The van der Waals surface area contributed by atoms with E-state index in [2.05, 4.69) is 50.1 Å². The minimum atomic E-state index is -0.116. The Bertz CT molecular complexity index is 421. The molecule has 0 aromatic heterocycles. The van der Waals surface area contributed by atoms with Crippen LogP contribution >= 0.6 is 0 Å². The van der Waals surface area contributed by atoms with Gasteiger partial charge in [-0.2, -0.15) is 0 Å². The van der Waals surface area contributed by atoms with Crippen LogP contribution in [0.1, 0.15) is 39.7 Å². The molecule has 2 heteroatoms. The quantitative estimate of drug-likeness (QED) is 0.817. The normalized spacial score (nSPS) is 15.8. The summed E-state index contributed by atoms with van der Waals surface area (Å²) in [5.74, 6) is 0. The number of allylic oxidation sites excluding steroid dienone is 2. The molecule has 0 fully saturated rings. The SMILES string of the molecule is CC1=C(C)N(C)c2ccccc2C1.CCC(C)O. The smallest absolute Gasteiger partial charge is 0.0509 e. The summed E-state index contributed by atoms with van der Waals surface area (Å²) in [6, 6.07) is 8.61. The number of aliphatic hydroxyl groups excluding tert-OH is 1. The molecule has 0 saturated heterocycles. The van der Waals surface area contributed by atoms with Crippen LogP contribution in [0.3, 0.4) is 0 Å². The van der Waals surface area contributed by atoms with Crippen LogP contribution in [0.5, 0.6) is 0 Å². The fourth-order valence-electron chi connectivity index (χ4n) is 1.87. The van der Waals surface area contributed by atoms with Crippen molar-refractivity contribution in [3.8, 4) is 0 Å². The molecule has 2 nitrogen and oxygen atoms in total. The summed E-state index contributed by atoms with van der Waals surface area (Å²) in [6.07, 6.45) is 1.85. The highest BCUT2D eigenvalue weighted by molar-refractivity contribution is 5.61. The van der Waals surface area contributed by atoms with Crippen LogP contribution in [0.25, 0.3) is 0 Å². The van der Waals surface area contributed by atoms with Crippen molar-refractivity contribution in [1.82, 2.24) is 0 Å². The predicted molar refractivity (Wildman–Crippen MR) is 78.9 cm³/mol. The molecule has 1 aromatic rings. The van der Waals surface area contributed by atoms with E-state index in [0.29, 0.717) is 0 Å². The lowest BCUT2D eigenvalue weighted by Crippen LogP contribution is -2.21. The number of para-hydroxylation sites is 1. The molecule has 2 rings (SSSR count). The lowest BCUT2D eigenvalue weighted by Gasteiger charge is -2.29. The zero-order valence-corrected chi connectivity index (χ0v) is 12.2. The van der Waals surface area contributed by atoms with E-state index in [1.807, 2.05) is 6.92 Å². The van der Waals surface area contributed by atoms with E-state index in [0.717, 1.165) is 12.8 Å². The van der Waals surface area contributed by atoms with Gasteiger partial charge in [0.25, 0.3) is 0 Å². The molecule has 1 aromatic carbocycles. The second kappa shape index (κ2) is 6.60. The summed E-state index contributed by atoms with van der Waals surface area (Å²) in [4.78, 5) is 2.27. The van der Waals surface area contributed by atoms with Gasteiger partial charge in [0.05, 0.1) is 6.10 Å². The molecule has 0 spiro atoms. The van der Waals surface area contributed by atoms with Crippen LogP contribution in [0, 0.1) is 0 Å². The zero-order valence-electron chi connectivity index (χ0n) is 12.2. The maximum Gasteiger partial charge on any atom is 0.0509 e. The second-order valence-corrected chi connectivity index (χ2v) is 4.99. The molecule has 0 radical (unpaired) electrons. The molecule has 18 heavy (non-hydrogen) atoms. The van der Waals surface area contributed by atoms with Gasteiger partial charge in [-0.1, -0.05) is 25.1 Å². The summed E-state index contributed by atoms with van der Waals surface area (Å²) < 4.78 is 0. The average molecular weight is 247 g/mol. The van der Waals surface area contributed by atoms with Crippen molar-refractivity contribution in [1.29, 1.82) is 0 Å². The summed E-state index contributed by atoms with van der Waals surface area (Å²) >= 11 is 0. The standard InChI is InChI=1S/C12H15N.C4H10O/c1-9-8-11-6-4-5-7-12(11)13(3)10(9)2;1-3-4(2)5/h4-7H,8H2,1-3H3;4-5H,3H2,1-2H3. The molecule has 1 aliphatic rings. The Morgan fingerprint density at radius 3 is 2.39 bits per heavy atom. The fraction of sp³-hybridized carbons (Fsp3) is 0.500. The van der Waals surface area contributed by atoms with Gasteiger partial charge < -0.3 is 10.0 Å². The van der Waals surface area contributed by atoms with E-state index in [1.54, 1.807) is 6.92 Å². The van der Waals surface area contributed by atoms with Crippen LogP contribution < -0.4 is 4.90 Å². The van der Waals surface area contributed by atoms with Crippen molar-refractivity contribution in [3.05, 3.63) is 41.1 Å². The molecule has 0 aliphatic carbocycles. The molecule has 1 unspecified atom stereocenters. The van der Waals surface area contributed by atoms with Gasteiger partial charge in [0.15, 0.2) is 0 Å². The minimum absolute atomic E-state index is 0.116. The summed E-state index contributed by atoms with van der Waals surface area (Å²) in [5.41, 5.74) is 5.65. The number of nitrogens with zero attached hydrogens (tertiary/aromatic N) is 1. The van der Waals surface area contributed by atoms with Crippen LogP contribution in [0.2, 0.25) is 0 Å². The van der Waals surface area contributed by atoms with Crippen molar-refractivity contribution >= 4 is 5.69 Å². The largest absolute Gasteiger partial charge is 0.393 e. The molecule has 0 saturated carbocycles. The average Bonchev–Trinajstić information content (AvgIpc) is 2.37. The number of hydrogen-bond donors (Lipinski definition) is 1. The predicted octanol–water partition coefficient (Wildman–Crippen LogP) is 3.75. The van der Waals surface area contributed by atoms with E-state index in [1.165, 1.54) is 22.5 Å². The van der Waals surface area contributed by atoms with Crippen LogP contribution in [0.4, 0.5) is 5.69 Å². The fourth-order valence-corrected chi connectivity index (χ4v) is 1.87. The van der Waals surface area contributed by atoms with E-state index in [4.69, 9.17) is 5.11 Å². The monoisotopic (exact) mass is 247 g/mol. The lowest BCUT2D eigenvalue weighted by atomic mass is 9.98. The number of benzene rings is 1. The van der Waals surface area contributed by atoms with Gasteiger partial charge in [0.2, 0.25) is 0 Å². The molecule has 1 atom stereocenters. The maximum atomic E-state index is 8.36. The van der Waals surface area contributed by atoms with E-state index >= 15 is 0 Å². The third kappa shape index (κ3) is 3.61. The van der Waals surface area contributed by atoms with Gasteiger partial charge in [-0.25, -0.2) is 0 Å². The molecule has 0 bridgehead atoms. The Labute approximate surface area is 111 Å².